The molecule has 3 heterocycles. The number of likely N-dealkylation sites (tertiary alicyclic amines) is 1. The molecule has 1 fully saturated rings. The maximum Gasteiger partial charge on any atom is 0.182 e. The van der Waals surface area contributed by atoms with Crippen LogP contribution in [0.1, 0.15) is 33.1 Å². The molecule has 6 rings (SSSR count). The van der Waals surface area contributed by atoms with Crippen LogP contribution >= 0.6 is 0 Å². The lowest BCUT2D eigenvalue weighted by Crippen LogP contribution is -2.44. The fourth-order valence-electron chi connectivity index (χ4n) is 5.65. The third-order valence-corrected chi connectivity index (χ3v) is 8.28. The zero-order valence-corrected chi connectivity index (χ0v) is 23.3. The molecule has 0 saturated carbocycles. The number of nitrogens with two attached hydrogens (primary N) is 1. The molecule has 2 aromatic heterocycles. The summed E-state index contributed by atoms with van der Waals surface area (Å²) >= 11 is 0. The molecule has 0 aliphatic carbocycles. The Kier molecular flexibility index (Phi) is 6.93. The van der Waals surface area contributed by atoms with Gasteiger partial charge in [0.05, 0.1) is 6.20 Å². The Morgan fingerprint density at radius 1 is 0.897 bits per heavy atom. The monoisotopic (exact) mass is 540 g/mol. The van der Waals surface area contributed by atoms with Gasteiger partial charge in [-0.3, -0.25) is 4.90 Å². The van der Waals surface area contributed by atoms with Gasteiger partial charge in [0.25, 0.3) is 0 Å². The highest BCUT2D eigenvalue weighted by Crippen LogP contribution is 2.34. The average Bonchev–Trinajstić information content (AvgIpc) is 3.36. The van der Waals surface area contributed by atoms with E-state index < -0.39 is 11.0 Å². The van der Waals surface area contributed by atoms with Crippen LogP contribution in [0.15, 0.2) is 84.1 Å². The molecule has 0 radical (unpaired) electrons. The molecule has 5 aromatic rings. The molecule has 1 saturated heterocycles. The second kappa shape index (κ2) is 10.5. The summed E-state index contributed by atoms with van der Waals surface area (Å²) in [5.41, 5.74) is 4.41. The highest BCUT2D eigenvalue weighted by molar-refractivity contribution is 7.82. The lowest BCUT2D eigenvalue weighted by atomic mass is 10.00. The second-order valence-corrected chi connectivity index (χ2v) is 12.0. The molecule has 0 spiro atoms. The van der Waals surface area contributed by atoms with Crippen molar-refractivity contribution in [2.45, 2.75) is 43.6 Å². The quantitative estimate of drug-likeness (QED) is 0.209. The van der Waals surface area contributed by atoms with Gasteiger partial charge >= 0.3 is 0 Å². The zero-order valence-electron chi connectivity index (χ0n) is 22.4. The third kappa shape index (κ3) is 5.32. The van der Waals surface area contributed by atoms with Crippen molar-refractivity contribution in [3.63, 3.8) is 0 Å². The van der Waals surface area contributed by atoms with Crippen LogP contribution in [0.5, 0.6) is 5.75 Å². The van der Waals surface area contributed by atoms with Crippen LogP contribution in [0.2, 0.25) is 0 Å². The second-order valence-electron chi connectivity index (χ2n) is 10.9. The predicted molar refractivity (Wildman–Crippen MR) is 158 cm³/mol. The Morgan fingerprint density at radius 2 is 1.64 bits per heavy atom. The summed E-state index contributed by atoms with van der Waals surface area (Å²) in [4.78, 5) is 7.95. The van der Waals surface area contributed by atoms with Crippen LogP contribution < -0.4 is 9.88 Å². The molecule has 2 N–H and O–H groups in total. The van der Waals surface area contributed by atoms with Crippen LogP contribution in [0.25, 0.3) is 38.7 Å². The van der Waals surface area contributed by atoms with Gasteiger partial charge in [-0.15, -0.1) is 5.14 Å². The SMILES string of the molecule is CC(C)(CN1CCCCC1)Oc1ccc(-c2cnc3c(-c4ccc([SH+](N)=O)c5ccccc45)cnn3c2)cc1. The highest BCUT2D eigenvalue weighted by atomic mass is 32.2. The Bertz CT molecular complexity index is 1660. The highest BCUT2D eigenvalue weighted by Gasteiger charge is 2.25. The number of aromatic nitrogens is 3. The Labute approximate surface area is 231 Å². The van der Waals surface area contributed by atoms with E-state index in [1.54, 1.807) is 0 Å². The van der Waals surface area contributed by atoms with Gasteiger partial charge < -0.3 is 4.74 Å². The maximum absolute atomic E-state index is 12.1. The number of hydrogen-bond donors (Lipinski definition) is 1. The van der Waals surface area contributed by atoms with E-state index in [2.05, 4.69) is 36.0 Å². The van der Waals surface area contributed by atoms with Gasteiger partial charge in [-0.25, -0.2) is 9.50 Å². The van der Waals surface area contributed by atoms with E-state index in [0.717, 1.165) is 64.1 Å². The van der Waals surface area contributed by atoms with Gasteiger partial charge in [-0.1, -0.05) is 41.0 Å². The van der Waals surface area contributed by atoms with Crippen LogP contribution in [0.4, 0.5) is 0 Å². The van der Waals surface area contributed by atoms with Crippen molar-refractivity contribution in [3.8, 4) is 28.0 Å². The summed E-state index contributed by atoms with van der Waals surface area (Å²) in [6.45, 7) is 7.57. The lowest BCUT2D eigenvalue weighted by molar-refractivity contribution is 0.0520. The van der Waals surface area contributed by atoms with Crippen molar-refractivity contribution in [3.05, 3.63) is 79.3 Å². The Hall–Kier alpha value is -3.59. The number of nitrogens with zero attached hydrogens (tertiary/aromatic N) is 4. The molecule has 1 aliphatic rings. The van der Waals surface area contributed by atoms with E-state index in [4.69, 9.17) is 14.9 Å². The van der Waals surface area contributed by atoms with Crippen molar-refractivity contribution in [1.29, 1.82) is 0 Å². The summed E-state index contributed by atoms with van der Waals surface area (Å²) in [6.07, 6.45) is 9.60. The third-order valence-electron chi connectivity index (χ3n) is 7.42. The van der Waals surface area contributed by atoms with Crippen molar-refractivity contribution in [1.82, 2.24) is 19.5 Å². The lowest BCUT2D eigenvalue weighted by Gasteiger charge is -2.35. The average molecular weight is 541 g/mol. The molecule has 0 bridgehead atoms. The fraction of sp³-hybridized carbons (Fsp3) is 0.290. The standard InChI is InChI=1S/C31H33N5O2S/c1-31(2,21-35-16-6-3-7-17-35)38-24-12-10-22(11-13-24)23-18-33-30-28(19-34-36(30)20-23)26-14-15-29(39(32)37)27-9-5-4-8-25(26)27/h4-5,8-15,18-20H,3,6-7,16-17,21H2,1-2H3,(H2,32,37)/p+1. The molecular formula is C31H34N5O2S+. The van der Waals surface area contributed by atoms with E-state index in [1.807, 2.05) is 71.6 Å². The van der Waals surface area contributed by atoms with Crippen molar-refractivity contribution < 1.29 is 8.95 Å². The predicted octanol–water partition coefficient (Wildman–Crippen LogP) is 5.79. The van der Waals surface area contributed by atoms with E-state index >= 15 is 0 Å². The number of fused-ring (bicyclic) bond motifs is 2. The van der Waals surface area contributed by atoms with Crippen molar-refractivity contribution in [2.75, 3.05) is 19.6 Å². The van der Waals surface area contributed by atoms with Crippen LogP contribution in [0.3, 0.4) is 0 Å². The molecule has 3 aromatic carbocycles. The first-order valence-corrected chi connectivity index (χ1v) is 14.8. The van der Waals surface area contributed by atoms with Gasteiger partial charge in [0.15, 0.2) is 21.5 Å². The molecule has 7 nitrogen and oxygen atoms in total. The molecule has 39 heavy (non-hydrogen) atoms. The summed E-state index contributed by atoms with van der Waals surface area (Å²) in [5.74, 6) is 0.866. The van der Waals surface area contributed by atoms with Crippen LogP contribution in [-0.4, -0.2) is 44.7 Å². The van der Waals surface area contributed by atoms with Gasteiger partial charge in [0.2, 0.25) is 0 Å². The molecular weight excluding hydrogens is 506 g/mol. The number of ether oxygens (including phenoxy) is 1. The number of rotatable bonds is 7. The van der Waals surface area contributed by atoms with Crippen LogP contribution in [-0.2, 0) is 15.2 Å². The maximum atomic E-state index is 12.1. The minimum Gasteiger partial charge on any atom is -0.487 e. The van der Waals surface area contributed by atoms with E-state index in [1.165, 1.54) is 19.3 Å². The normalized spacial score (nSPS) is 15.6. The summed E-state index contributed by atoms with van der Waals surface area (Å²) < 4.78 is 20.3. The minimum atomic E-state index is -1.94. The van der Waals surface area contributed by atoms with Crippen molar-refractivity contribution in [2.24, 2.45) is 5.14 Å². The van der Waals surface area contributed by atoms with E-state index in [-0.39, 0.29) is 5.60 Å². The molecule has 8 heteroatoms. The smallest absolute Gasteiger partial charge is 0.182 e. The largest absolute Gasteiger partial charge is 0.487 e. The van der Waals surface area contributed by atoms with Crippen molar-refractivity contribution >= 4 is 27.4 Å². The Morgan fingerprint density at radius 3 is 2.38 bits per heavy atom. The molecule has 1 aliphatic heterocycles. The van der Waals surface area contributed by atoms with Gasteiger partial charge in [0, 0.05) is 35.5 Å². The van der Waals surface area contributed by atoms with E-state index in [0.29, 0.717) is 4.90 Å². The van der Waals surface area contributed by atoms with E-state index in [9.17, 15) is 4.21 Å². The summed E-state index contributed by atoms with van der Waals surface area (Å²) in [7, 11) is -1.94. The first-order valence-electron chi connectivity index (χ1n) is 13.5. The van der Waals surface area contributed by atoms with Gasteiger partial charge in [-0.05, 0) is 86.6 Å². The van der Waals surface area contributed by atoms with Crippen LogP contribution in [0, 0.1) is 0 Å². The summed E-state index contributed by atoms with van der Waals surface area (Å²) in [5, 5.41) is 12.2. The topological polar surface area (TPSA) is 85.7 Å². The molecule has 1 atom stereocenters. The molecule has 1 unspecified atom stereocenters. The van der Waals surface area contributed by atoms with Gasteiger partial charge in [-0.2, -0.15) is 5.10 Å². The minimum absolute atomic E-state index is 0.257. The number of benzene rings is 3. The summed E-state index contributed by atoms with van der Waals surface area (Å²) in [6, 6.07) is 19.9. The first-order chi connectivity index (χ1) is 18.9. The Balaban J connectivity index is 1.25. The first kappa shape index (κ1) is 25.7. The number of hydrogen-bond acceptors (Lipinski definition) is 5. The number of thiol groups is 1. The molecule has 200 valence electrons. The zero-order chi connectivity index (χ0) is 27.0. The van der Waals surface area contributed by atoms with Gasteiger partial charge in [0.1, 0.15) is 11.4 Å². The fourth-order valence-corrected chi connectivity index (χ4v) is 6.30. The number of piperidine rings is 1. The molecule has 0 amide bonds.